The molecule has 0 atom stereocenters. The maximum atomic E-state index is 13.6. The highest BCUT2D eigenvalue weighted by atomic mass is 79.9. The van der Waals surface area contributed by atoms with Gasteiger partial charge in [-0.15, -0.1) is 11.3 Å². The zero-order valence-corrected chi connectivity index (χ0v) is 13.6. The van der Waals surface area contributed by atoms with E-state index in [2.05, 4.69) is 26.4 Å². The number of aromatic nitrogens is 1. The van der Waals surface area contributed by atoms with Gasteiger partial charge in [-0.3, -0.25) is 4.79 Å². The number of amides is 1. The highest BCUT2D eigenvalue weighted by molar-refractivity contribution is 9.10. The summed E-state index contributed by atoms with van der Waals surface area (Å²) in [5, 5.41) is 8.27. The van der Waals surface area contributed by atoms with E-state index in [4.69, 9.17) is 4.52 Å². The van der Waals surface area contributed by atoms with E-state index >= 15 is 0 Å². The molecule has 112 valence electrons. The molecule has 2 aromatic heterocycles. The van der Waals surface area contributed by atoms with Gasteiger partial charge in [-0.05, 0) is 29.6 Å². The van der Waals surface area contributed by atoms with Crippen molar-refractivity contribution in [1.82, 2.24) is 10.5 Å². The monoisotopic (exact) mass is 380 g/mol. The number of carbonyl (C=O) groups is 1. The summed E-state index contributed by atoms with van der Waals surface area (Å²) in [6, 6.07) is 9.90. The quantitative estimate of drug-likeness (QED) is 0.736. The fourth-order valence-corrected chi connectivity index (χ4v) is 2.94. The normalized spacial score (nSPS) is 10.6. The van der Waals surface area contributed by atoms with Crippen molar-refractivity contribution in [2.45, 2.75) is 6.54 Å². The zero-order valence-electron chi connectivity index (χ0n) is 11.2. The van der Waals surface area contributed by atoms with Crippen molar-refractivity contribution in [1.29, 1.82) is 0 Å². The molecule has 0 aliphatic heterocycles. The molecule has 0 radical (unpaired) electrons. The summed E-state index contributed by atoms with van der Waals surface area (Å²) in [7, 11) is 0. The number of hydrogen-bond acceptors (Lipinski definition) is 4. The first-order valence-electron chi connectivity index (χ1n) is 6.36. The first-order valence-corrected chi connectivity index (χ1v) is 8.03. The van der Waals surface area contributed by atoms with Crippen molar-refractivity contribution in [3.63, 3.8) is 0 Å². The van der Waals surface area contributed by atoms with Crippen LogP contribution in [0.15, 0.2) is 50.8 Å². The Morgan fingerprint density at radius 3 is 3.00 bits per heavy atom. The van der Waals surface area contributed by atoms with Gasteiger partial charge in [0.25, 0.3) is 5.91 Å². The number of thiophene rings is 1. The second kappa shape index (κ2) is 6.41. The van der Waals surface area contributed by atoms with Crippen LogP contribution in [-0.2, 0) is 6.54 Å². The van der Waals surface area contributed by atoms with Crippen LogP contribution in [-0.4, -0.2) is 11.1 Å². The Balaban J connectivity index is 1.69. The molecule has 22 heavy (non-hydrogen) atoms. The third kappa shape index (κ3) is 3.26. The Morgan fingerprint density at radius 1 is 1.36 bits per heavy atom. The first kappa shape index (κ1) is 14.9. The summed E-state index contributed by atoms with van der Waals surface area (Å²) < 4.78 is 19.5. The van der Waals surface area contributed by atoms with Gasteiger partial charge in [0, 0.05) is 22.6 Å². The molecule has 1 N–H and O–H groups in total. The van der Waals surface area contributed by atoms with Crippen molar-refractivity contribution in [3.8, 4) is 10.6 Å². The maximum absolute atomic E-state index is 13.6. The smallest absolute Gasteiger partial charge is 0.273 e. The van der Waals surface area contributed by atoms with Crippen LogP contribution in [0.2, 0.25) is 0 Å². The molecule has 0 spiro atoms. The number of halogens is 2. The molecule has 2 heterocycles. The van der Waals surface area contributed by atoms with Gasteiger partial charge < -0.3 is 9.84 Å². The molecular formula is C15H10BrFN2O2S. The van der Waals surface area contributed by atoms with Gasteiger partial charge in [-0.25, -0.2) is 4.39 Å². The van der Waals surface area contributed by atoms with Crippen LogP contribution < -0.4 is 5.32 Å². The number of carbonyl (C=O) groups excluding carboxylic acids is 1. The summed E-state index contributed by atoms with van der Waals surface area (Å²) in [6.45, 7) is 0.0747. The molecule has 4 nitrogen and oxygen atoms in total. The molecule has 0 saturated carbocycles. The lowest BCUT2D eigenvalue weighted by atomic mass is 10.2. The predicted molar refractivity (Wildman–Crippen MR) is 85.1 cm³/mol. The highest BCUT2D eigenvalue weighted by Gasteiger charge is 2.14. The summed E-state index contributed by atoms with van der Waals surface area (Å²) in [5.74, 6) is -0.248. The fourth-order valence-electron chi connectivity index (χ4n) is 1.86. The predicted octanol–water partition coefficient (Wildman–Crippen LogP) is 4.23. The molecule has 1 amide bonds. The molecule has 3 rings (SSSR count). The van der Waals surface area contributed by atoms with E-state index in [1.165, 1.54) is 17.4 Å². The van der Waals surface area contributed by atoms with Gasteiger partial charge in [0.05, 0.1) is 4.88 Å². The molecule has 0 aliphatic carbocycles. The Kier molecular flexibility index (Phi) is 4.35. The second-order valence-corrected chi connectivity index (χ2v) is 6.34. The van der Waals surface area contributed by atoms with Gasteiger partial charge in [-0.2, -0.15) is 0 Å². The molecule has 1 aromatic carbocycles. The van der Waals surface area contributed by atoms with Crippen molar-refractivity contribution in [2.24, 2.45) is 0 Å². The van der Waals surface area contributed by atoms with Crippen molar-refractivity contribution >= 4 is 33.2 Å². The Labute approximate surface area is 138 Å². The van der Waals surface area contributed by atoms with Crippen LogP contribution in [0.5, 0.6) is 0 Å². The van der Waals surface area contributed by atoms with E-state index in [0.29, 0.717) is 11.3 Å². The average molecular weight is 381 g/mol. The van der Waals surface area contributed by atoms with Crippen LogP contribution >= 0.6 is 27.3 Å². The topological polar surface area (TPSA) is 55.1 Å². The zero-order chi connectivity index (χ0) is 15.5. The van der Waals surface area contributed by atoms with Gasteiger partial charge >= 0.3 is 0 Å². The van der Waals surface area contributed by atoms with E-state index in [1.807, 2.05) is 17.5 Å². The summed E-state index contributed by atoms with van der Waals surface area (Å²) in [5.41, 5.74) is 0.559. The first-order chi connectivity index (χ1) is 10.6. The number of nitrogens with one attached hydrogen (secondary N) is 1. The largest absolute Gasteiger partial charge is 0.355 e. The Bertz CT molecular complexity index is 802. The highest BCUT2D eigenvalue weighted by Crippen LogP contribution is 2.25. The summed E-state index contributed by atoms with van der Waals surface area (Å²) in [4.78, 5) is 12.9. The maximum Gasteiger partial charge on any atom is 0.273 e. The molecule has 0 bridgehead atoms. The minimum atomic E-state index is -0.411. The van der Waals surface area contributed by atoms with Gasteiger partial charge in [0.1, 0.15) is 5.82 Å². The van der Waals surface area contributed by atoms with E-state index < -0.39 is 5.91 Å². The van der Waals surface area contributed by atoms with Crippen LogP contribution in [0.25, 0.3) is 10.6 Å². The third-order valence-corrected chi connectivity index (χ3v) is 4.33. The fraction of sp³-hybridized carbons (Fsp3) is 0.0667. The van der Waals surface area contributed by atoms with E-state index in [-0.39, 0.29) is 18.1 Å². The molecule has 0 unspecified atom stereocenters. The minimum Gasteiger partial charge on any atom is -0.355 e. The van der Waals surface area contributed by atoms with Gasteiger partial charge in [0.2, 0.25) is 0 Å². The Hall–Kier alpha value is -1.99. The number of benzene rings is 1. The van der Waals surface area contributed by atoms with E-state index in [9.17, 15) is 9.18 Å². The van der Waals surface area contributed by atoms with Crippen LogP contribution in [0.3, 0.4) is 0 Å². The van der Waals surface area contributed by atoms with Gasteiger partial charge in [-0.1, -0.05) is 27.2 Å². The van der Waals surface area contributed by atoms with E-state index in [0.717, 1.165) is 9.35 Å². The SMILES string of the molecule is O=C(NCc1cc(Br)ccc1F)c1cc(-c2cccs2)on1. The Morgan fingerprint density at radius 2 is 2.23 bits per heavy atom. The number of rotatable bonds is 4. The van der Waals surface area contributed by atoms with E-state index in [1.54, 1.807) is 18.2 Å². The number of nitrogens with zero attached hydrogens (tertiary/aromatic N) is 1. The minimum absolute atomic E-state index is 0.0747. The van der Waals surface area contributed by atoms with Crippen molar-refractivity contribution in [3.05, 3.63) is 63.3 Å². The lowest BCUT2D eigenvalue weighted by molar-refractivity contribution is 0.0941. The molecule has 7 heteroatoms. The average Bonchev–Trinajstić information content (AvgIpc) is 3.18. The molecular weight excluding hydrogens is 371 g/mol. The molecule has 0 fully saturated rings. The second-order valence-electron chi connectivity index (χ2n) is 4.47. The lowest BCUT2D eigenvalue weighted by Gasteiger charge is -2.05. The van der Waals surface area contributed by atoms with Crippen LogP contribution in [0.4, 0.5) is 4.39 Å². The third-order valence-electron chi connectivity index (χ3n) is 2.95. The van der Waals surface area contributed by atoms with Crippen molar-refractivity contribution in [2.75, 3.05) is 0 Å². The lowest BCUT2D eigenvalue weighted by Crippen LogP contribution is -2.23. The van der Waals surface area contributed by atoms with Gasteiger partial charge in [0.15, 0.2) is 11.5 Å². The molecule has 3 aromatic rings. The van der Waals surface area contributed by atoms with Crippen LogP contribution in [0.1, 0.15) is 16.1 Å². The van der Waals surface area contributed by atoms with Crippen molar-refractivity contribution < 1.29 is 13.7 Å². The summed E-state index contributed by atoms with van der Waals surface area (Å²) >= 11 is 4.76. The standard InChI is InChI=1S/C15H10BrFN2O2S/c16-10-3-4-11(17)9(6-10)8-18-15(20)12-7-13(21-19-12)14-2-1-5-22-14/h1-7H,8H2,(H,18,20). The number of hydrogen-bond donors (Lipinski definition) is 1. The molecule has 0 aliphatic rings. The summed E-state index contributed by atoms with van der Waals surface area (Å²) in [6.07, 6.45) is 0. The molecule has 0 saturated heterocycles. The van der Waals surface area contributed by atoms with Crippen LogP contribution in [0, 0.1) is 5.82 Å².